The van der Waals surface area contributed by atoms with E-state index in [-0.39, 0.29) is 29.7 Å². The van der Waals surface area contributed by atoms with Crippen molar-refractivity contribution in [3.05, 3.63) is 110 Å². The van der Waals surface area contributed by atoms with Gasteiger partial charge in [0.1, 0.15) is 10.7 Å². The molecule has 1 aliphatic heterocycles. The molecule has 1 aliphatic rings. The van der Waals surface area contributed by atoms with Gasteiger partial charge in [-0.15, -0.1) is 0 Å². The van der Waals surface area contributed by atoms with Crippen molar-refractivity contribution in [1.29, 1.82) is 0 Å². The smallest absolute Gasteiger partial charge is 0.278 e. The molecule has 3 amide bonds. The van der Waals surface area contributed by atoms with Crippen LogP contribution in [0.1, 0.15) is 21.5 Å². The van der Waals surface area contributed by atoms with Gasteiger partial charge in [0.05, 0.1) is 6.54 Å². The predicted molar refractivity (Wildman–Crippen MR) is 133 cm³/mol. The Morgan fingerprint density at radius 1 is 0.794 bits per heavy atom. The average molecular weight is 515 g/mol. The summed E-state index contributed by atoms with van der Waals surface area (Å²) in [6.45, 7) is 0.386. The fraction of sp³-hybridized carbons (Fsp3) is 0.0800. The Morgan fingerprint density at radius 3 is 2.09 bits per heavy atom. The van der Waals surface area contributed by atoms with Gasteiger partial charge in [-0.2, -0.15) is 0 Å². The number of benzene rings is 3. The largest absolute Gasteiger partial charge is 0.375 e. The molecule has 0 spiro atoms. The van der Waals surface area contributed by atoms with Crippen molar-refractivity contribution in [2.45, 2.75) is 13.1 Å². The highest BCUT2D eigenvalue weighted by Crippen LogP contribution is 2.25. The number of carbonyl (C=O) groups excluding carboxylic acids is 3. The second kappa shape index (κ2) is 10.3. The molecule has 0 atom stereocenters. The van der Waals surface area contributed by atoms with Crippen LogP contribution in [0.3, 0.4) is 0 Å². The van der Waals surface area contributed by atoms with E-state index in [0.29, 0.717) is 21.3 Å². The molecule has 34 heavy (non-hydrogen) atoms. The lowest BCUT2D eigenvalue weighted by Gasteiger charge is -2.15. The number of nitrogens with zero attached hydrogens (tertiary/aromatic N) is 1. The standard InChI is InChI=1S/C25H18Cl3N3O3/c26-18-10-19(27)12-20(11-18)30-23(32)17-8-6-15(7-9-17)13-29-22-21(28)24(33)31(25(22)34)14-16-4-2-1-3-5-16/h1-12,29H,13-14H2,(H,30,32). The van der Waals surface area contributed by atoms with Crippen molar-refractivity contribution in [1.82, 2.24) is 10.2 Å². The minimum absolute atomic E-state index is 0.0576. The first kappa shape index (κ1) is 23.8. The molecule has 0 aromatic heterocycles. The van der Waals surface area contributed by atoms with Gasteiger partial charge < -0.3 is 10.6 Å². The summed E-state index contributed by atoms with van der Waals surface area (Å²) in [7, 11) is 0. The number of carbonyl (C=O) groups is 3. The van der Waals surface area contributed by atoms with E-state index in [9.17, 15) is 14.4 Å². The number of nitrogens with one attached hydrogen (secondary N) is 2. The Morgan fingerprint density at radius 2 is 1.44 bits per heavy atom. The van der Waals surface area contributed by atoms with E-state index in [4.69, 9.17) is 34.8 Å². The summed E-state index contributed by atoms with van der Waals surface area (Å²) in [5.74, 6) is -1.34. The van der Waals surface area contributed by atoms with E-state index < -0.39 is 11.8 Å². The van der Waals surface area contributed by atoms with Gasteiger partial charge in [0.15, 0.2) is 0 Å². The monoisotopic (exact) mass is 513 g/mol. The summed E-state index contributed by atoms with van der Waals surface area (Å²) in [5.41, 5.74) is 2.59. The van der Waals surface area contributed by atoms with Crippen molar-refractivity contribution >= 4 is 58.2 Å². The van der Waals surface area contributed by atoms with Crippen LogP contribution in [0, 0.1) is 0 Å². The normalized spacial score (nSPS) is 13.4. The minimum atomic E-state index is -0.536. The average Bonchev–Trinajstić information content (AvgIpc) is 3.01. The molecule has 0 aliphatic carbocycles. The van der Waals surface area contributed by atoms with Crippen molar-refractivity contribution < 1.29 is 14.4 Å². The Labute approximate surface area is 211 Å². The van der Waals surface area contributed by atoms with Gasteiger partial charge in [-0.3, -0.25) is 19.3 Å². The second-order valence-corrected chi connectivity index (χ2v) is 8.78. The molecular formula is C25H18Cl3N3O3. The summed E-state index contributed by atoms with van der Waals surface area (Å²) in [5, 5.41) is 6.38. The summed E-state index contributed by atoms with van der Waals surface area (Å²) in [6, 6.07) is 20.7. The van der Waals surface area contributed by atoms with Gasteiger partial charge in [-0.25, -0.2) is 0 Å². The van der Waals surface area contributed by atoms with Gasteiger partial charge in [-0.05, 0) is 41.5 Å². The minimum Gasteiger partial charge on any atom is -0.375 e. The SMILES string of the molecule is O=C(Nc1cc(Cl)cc(Cl)c1)c1ccc(CNC2=C(Cl)C(=O)N(Cc3ccccc3)C2=O)cc1. The van der Waals surface area contributed by atoms with Crippen molar-refractivity contribution in [2.75, 3.05) is 5.32 Å². The topological polar surface area (TPSA) is 78.5 Å². The number of halogens is 3. The zero-order chi connectivity index (χ0) is 24.2. The van der Waals surface area contributed by atoms with Gasteiger partial charge in [0, 0.05) is 27.8 Å². The third-order valence-electron chi connectivity index (χ3n) is 5.10. The van der Waals surface area contributed by atoms with Gasteiger partial charge in [0.25, 0.3) is 17.7 Å². The van der Waals surface area contributed by atoms with E-state index in [1.807, 2.05) is 30.3 Å². The third-order valence-corrected chi connectivity index (χ3v) is 5.89. The van der Waals surface area contributed by atoms with Crippen LogP contribution in [0.25, 0.3) is 0 Å². The van der Waals surface area contributed by atoms with Crippen LogP contribution < -0.4 is 10.6 Å². The van der Waals surface area contributed by atoms with E-state index in [1.165, 1.54) is 0 Å². The fourth-order valence-corrected chi connectivity index (χ4v) is 4.18. The quantitative estimate of drug-likeness (QED) is 0.416. The molecule has 0 unspecified atom stereocenters. The summed E-state index contributed by atoms with van der Waals surface area (Å²) in [4.78, 5) is 38.8. The first-order valence-corrected chi connectivity index (χ1v) is 11.4. The number of amides is 3. The van der Waals surface area contributed by atoms with Crippen molar-refractivity contribution in [3.8, 4) is 0 Å². The van der Waals surface area contributed by atoms with E-state index >= 15 is 0 Å². The van der Waals surface area contributed by atoms with Crippen LogP contribution in [0.4, 0.5) is 5.69 Å². The molecule has 9 heteroatoms. The molecule has 3 aromatic rings. The lowest BCUT2D eigenvalue weighted by atomic mass is 10.1. The van der Waals surface area contributed by atoms with Crippen LogP contribution in [0.15, 0.2) is 83.5 Å². The van der Waals surface area contributed by atoms with E-state index in [2.05, 4.69) is 10.6 Å². The van der Waals surface area contributed by atoms with E-state index in [1.54, 1.807) is 42.5 Å². The van der Waals surface area contributed by atoms with Crippen LogP contribution in [0.2, 0.25) is 10.0 Å². The van der Waals surface area contributed by atoms with E-state index in [0.717, 1.165) is 16.0 Å². The molecule has 0 bridgehead atoms. The molecule has 0 radical (unpaired) electrons. The molecular weight excluding hydrogens is 497 g/mol. The zero-order valence-electron chi connectivity index (χ0n) is 17.6. The number of anilines is 1. The maximum atomic E-state index is 12.7. The molecule has 172 valence electrons. The van der Waals surface area contributed by atoms with Gasteiger partial charge in [0.2, 0.25) is 0 Å². The zero-order valence-corrected chi connectivity index (χ0v) is 19.9. The first-order valence-electron chi connectivity index (χ1n) is 10.2. The van der Waals surface area contributed by atoms with Gasteiger partial charge in [-0.1, -0.05) is 77.3 Å². The maximum absolute atomic E-state index is 12.7. The number of hydrogen-bond donors (Lipinski definition) is 2. The Bertz CT molecular complexity index is 1270. The Hall–Kier alpha value is -3.32. The second-order valence-electron chi connectivity index (χ2n) is 7.53. The fourth-order valence-electron chi connectivity index (χ4n) is 3.40. The maximum Gasteiger partial charge on any atom is 0.278 e. The van der Waals surface area contributed by atoms with Crippen LogP contribution in [-0.4, -0.2) is 22.6 Å². The molecule has 1 heterocycles. The molecule has 0 saturated heterocycles. The number of imide groups is 1. The highest BCUT2D eigenvalue weighted by atomic mass is 35.5. The Balaban J connectivity index is 1.37. The van der Waals surface area contributed by atoms with Crippen LogP contribution in [0.5, 0.6) is 0 Å². The number of rotatable bonds is 7. The summed E-state index contributed by atoms with van der Waals surface area (Å²) >= 11 is 18.1. The predicted octanol–water partition coefficient (Wildman–Crippen LogP) is 5.35. The summed E-state index contributed by atoms with van der Waals surface area (Å²) < 4.78 is 0. The highest BCUT2D eigenvalue weighted by Gasteiger charge is 2.37. The lowest BCUT2D eigenvalue weighted by molar-refractivity contribution is -0.138. The third kappa shape index (κ3) is 5.42. The highest BCUT2D eigenvalue weighted by molar-refractivity contribution is 6.47. The molecule has 0 fully saturated rings. The molecule has 0 saturated carbocycles. The van der Waals surface area contributed by atoms with Gasteiger partial charge >= 0.3 is 0 Å². The summed E-state index contributed by atoms with van der Waals surface area (Å²) in [6.07, 6.45) is 0. The van der Waals surface area contributed by atoms with Crippen LogP contribution in [-0.2, 0) is 22.7 Å². The first-order chi connectivity index (χ1) is 16.3. The Kier molecular flexibility index (Phi) is 7.22. The van der Waals surface area contributed by atoms with Crippen LogP contribution >= 0.6 is 34.8 Å². The number of hydrogen-bond acceptors (Lipinski definition) is 4. The molecule has 6 nitrogen and oxygen atoms in total. The molecule has 4 rings (SSSR count). The van der Waals surface area contributed by atoms with Crippen molar-refractivity contribution in [3.63, 3.8) is 0 Å². The van der Waals surface area contributed by atoms with Crippen molar-refractivity contribution in [2.24, 2.45) is 0 Å². The molecule has 2 N–H and O–H groups in total. The lowest BCUT2D eigenvalue weighted by Crippen LogP contribution is -2.33. The molecule has 3 aromatic carbocycles.